The van der Waals surface area contributed by atoms with E-state index in [0.717, 1.165) is 30.8 Å². The quantitative estimate of drug-likeness (QED) is 0.683. The third-order valence-corrected chi connectivity index (χ3v) is 2.72. The Hall–Kier alpha value is -1.71. The van der Waals surface area contributed by atoms with E-state index in [4.69, 9.17) is 4.74 Å². The number of carbonyl (C=O) groups excluding carboxylic acids is 1. The van der Waals surface area contributed by atoms with E-state index in [1.54, 1.807) is 0 Å². The minimum absolute atomic E-state index is 0.0203. The number of rotatable bonds is 9. The number of amides is 1. The van der Waals surface area contributed by atoms with Crippen LogP contribution in [0.2, 0.25) is 0 Å². The molecule has 0 heterocycles. The van der Waals surface area contributed by atoms with E-state index >= 15 is 0 Å². The second kappa shape index (κ2) is 9.23. The molecule has 0 fully saturated rings. The number of anilines is 1. The minimum Gasteiger partial charge on any atom is -0.493 e. The molecular formula is C16H26N2O2. The summed E-state index contributed by atoms with van der Waals surface area (Å²) in [6, 6.07) is 7.70. The van der Waals surface area contributed by atoms with Crippen molar-refractivity contribution in [1.82, 2.24) is 5.32 Å². The molecule has 4 nitrogen and oxygen atoms in total. The van der Waals surface area contributed by atoms with Gasteiger partial charge in [0.05, 0.1) is 13.2 Å². The van der Waals surface area contributed by atoms with Gasteiger partial charge in [0.2, 0.25) is 5.91 Å². The Morgan fingerprint density at radius 1 is 1.35 bits per heavy atom. The van der Waals surface area contributed by atoms with Crippen LogP contribution in [0.1, 0.15) is 33.6 Å². The fourth-order valence-corrected chi connectivity index (χ4v) is 1.61. The molecule has 2 N–H and O–H groups in total. The Bertz CT molecular complexity index is 405. The number of hydrogen-bond acceptors (Lipinski definition) is 3. The van der Waals surface area contributed by atoms with Crippen molar-refractivity contribution < 1.29 is 9.53 Å². The monoisotopic (exact) mass is 278 g/mol. The van der Waals surface area contributed by atoms with Crippen molar-refractivity contribution in [2.45, 2.75) is 33.6 Å². The predicted octanol–water partition coefficient (Wildman–Crippen LogP) is 3.05. The maximum absolute atomic E-state index is 11.6. The summed E-state index contributed by atoms with van der Waals surface area (Å²) in [6.07, 6.45) is 2.10. The van der Waals surface area contributed by atoms with Crippen LogP contribution >= 0.6 is 0 Å². The molecule has 0 spiro atoms. The molecule has 20 heavy (non-hydrogen) atoms. The Morgan fingerprint density at radius 2 is 2.15 bits per heavy atom. The van der Waals surface area contributed by atoms with E-state index in [1.807, 2.05) is 24.3 Å². The van der Waals surface area contributed by atoms with Crippen LogP contribution < -0.4 is 15.4 Å². The molecule has 0 aromatic heterocycles. The fourth-order valence-electron chi connectivity index (χ4n) is 1.61. The zero-order valence-electron chi connectivity index (χ0n) is 12.7. The molecular weight excluding hydrogens is 252 g/mol. The number of carbonyl (C=O) groups is 1. The zero-order chi connectivity index (χ0) is 14.8. The predicted molar refractivity (Wildman–Crippen MR) is 83.2 cm³/mol. The van der Waals surface area contributed by atoms with Gasteiger partial charge in [-0.15, -0.1) is 0 Å². The summed E-state index contributed by atoms with van der Waals surface area (Å²) < 4.78 is 5.65. The third kappa shape index (κ3) is 7.02. The van der Waals surface area contributed by atoms with Gasteiger partial charge < -0.3 is 15.4 Å². The van der Waals surface area contributed by atoms with Gasteiger partial charge in [0.1, 0.15) is 5.75 Å². The van der Waals surface area contributed by atoms with E-state index in [-0.39, 0.29) is 12.5 Å². The Labute approximate surface area is 121 Å². The smallest absolute Gasteiger partial charge is 0.239 e. The summed E-state index contributed by atoms with van der Waals surface area (Å²) in [5.41, 5.74) is 0.900. The van der Waals surface area contributed by atoms with Crippen LogP contribution in [0, 0.1) is 5.92 Å². The number of benzene rings is 1. The van der Waals surface area contributed by atoms with Gasteiger partial charge in [-0.25, -0.2) is 0 Å². The molecule has 0 aliphatic rings. The molecule has 0 atom stereocenters. The number of ether oxygens (including phenoxy) is 1. The SMILES string of the molecule is CCCCNC(=O)CNc1cccc(OCC(C)C)c1. The number of nitrogens with one attached hydrogen (secondary N) is 2. The second-order valence-electron chi connectivity index (χ2n) is 5.29. The van der Waals surface area contributed by atoms with Crippen LogP contribution in [0.15, 0.2) is 24.3 Å². The average molecular weight is 278 g/mol. The van der Waals surface area contributed by atoms with Crippen molar-refractivity contribution >= 4 is 11.6 Å². The lowest BCUT2D eigenvalue weighted by Crippen LogP contribution is -2.30. The zero-order valence-corrected chi connectivity index (χ0v) is 12.7. The first-order chi connectivity index (χ1) is 9.61. The molecule has 1 rings (SSSR count). The summed E-state index contributed by atoms with van der Waals surface area (Å²) in [4.78, 5) is 11.6. The van der Waals surface area contributed by atoms with Gasteiger partial charge in [-0.2, -0.15) is 0 Å². The fraction of sp³-hybridized carbons (Fsp3) is 0.562. The molecule has 1 aromatic carbocycles. The van der Waals surface area contributed by atoms with E-state index < -0.39 is 0 Å². The standard InChI is InChI=1S/C16H26N2O2/c1-4-5-9-17-16(19)11-18-14-7-6-8-15(10-14)20-12-13(2)3/h6-8,10,13,18H,4-5,9,11-12H2,1-3H3,(H,17,19). The summed E-state index contributed by atoms with van der Waals surface area (Å²) in [7, 11) is 0. The third-order valence-electron chi connectivity index (χ3n) is 2.72. The first-order valence-corrected chi connectivity index (χ1v) is 7.35. The lowest BCUT2D eigenvalue weighted by molar-refractivity contribution is -0.119. The van der Waals surface area contributed by atoms with Crippen molar-refractivity contribution in [1.29, 1.82) is 0 Å². The first kappa shape index (κ1) is 16.3. The lowest BCUT2D eigenvalue weighted by atomic mass is 10.2. The van der Waals surface area contributed by atoms with E-state index in [0.29, 0.717) is 12.5 Å². The Kier molecular flexibility index (Phi) is 7.55. The van der Waals surface area contributed by atoms with Gasteiger partial charge in [0, 0.05) is 18.3 Å². The van der Waals surface area contributed by atoms with Crippen LogP contribution in [0.4, 0.5) is 5.69 Å². The maximum Gasteiger partial charge on any atom is 0.239 e. The Balaban J connectivity index is 2.36. The molecule has 4 heteroatoms. The summed E-state index contributed by atoms with van der Waals surface area (Å²) in [5, 5.41) is 5.98. The highest BCUT2D eigenvalue weighted by atomic mass is 16.5. The maximum atomic E-state index is 11.6. The van der Waals surface area contributed by atoms with E-state index in [9.17, 15) is 4.79 Å². The van der Waals surface area contributed by atoms with Crippen molar-refractivity contribution in [2.24, 2.45) is 5.92 Å². The number of unbranched alkanes of at least 4 members (excludes halogenated alkanes) is 1. The molecule has 0 radical (unpaired) electrons. The minimum atomic E-state index is 0.0203. The lowest BCUT2D eigenvalue weighted by Gasteiger charge is -2.11. The van der Waals surface area contributed by atoms with Gasteiger partial charge in [-0.1, -0.05) is 33.3 Å². The Morgan fingerprint density at radius 3 is 2.85 bits per heavy atom. The topological polar surface area (TPSA) is 50.4 Å². The van der Waals surface area contributed by atoms with Gasteiger partial charge in [-0.3, -0.25) is 4.79 Å². The first-order valence-electron chi connectivity index (χ1n) is 7.35. The van der Waals surface area contributed by atoms with Crippen molar-refractivity contribution in [2.75, 3.05) is 25.0 Å². The van der Waals surface area contributed by atoms with Gasteiger partial charge in [-0.05, 0) is 24.5 Å². The molecule has 0 aliphatic heterocycles. The summed E-state index contributed by atoms with van der Waals surface area (Å²) >= 11 is 0. The molecule has 0 bridgehead atoms. The van der Waals surface area contributed by atoms with Crippen molar-refractivity contribution in [3.05, 3.63) is 24.3 Å². The van der Waals surface area contributed by atoms with Gasteiger partial charge in [0.15, 0.2) is 0 Å². The largest absolute Gasteiger partial charge is 0.493 e. The molecule has 1 amide bonds. The van der Waals surface area contributed by atoms with Crippen LogP contribution in [0.5, 0.6) is 5.75 Å². The molecule has 0 saturated heterocycles. The highest BCUT2D eigenvalue weighted by Crippen LogP contribution is 2.17. The van der Waals surface area contributed by atoms with Gasteiger partial charge in [0.25, 0.3) is 0 Å². The van der Waals surface area contributed by atoms with Crippen LogP contribution in [-0.4, -0.2) is 25.6 Å². The van der Waals surface area contributed by atoms with Gasteiger partial charge >= 0.3 is 0 Å². The summed E-state index contributed by atoms with van der Waals surface area (Å²) in [5.74, 6) is 1.35. The highest BCUT2D eigenvalue weighted by Gasteiger charge is 2.02. The van der Waals surface area contributed by atoms with Crippen molar-refractivity contribution in [3.63, 3.8) is 0 Å². The average Bonchev–Trinajstić information content (AvgIpc) is 2.44. The molecule has 0 unspecified atom stereocenters. The number of hydrogen-bond donors (Lipinski definition) is 2. The normalized spacial score (nSPS) is 10.4. The van der Waals surface area contributed by atoms with Crippen LogP contribution in [0.25, 0.3) is 0 Å². The van der Waals surface area contributed by atoms with E-state index in [1.165, 1.54) is 0 Å². The highest BCUT2D eigenvalue weighted by molar-refractivity contribution is 5.80. The van der Waals surface area contributed by atoms with E-state index in [2.05, 4.69) is 31.4 Å². The molecule has 0 aliphatic carbocycles. The molecule has 1 aromatic rings. The van der Waals surface area contributed by atoms with Crippen LogP contribution in [0.3, 0.4) is 0 Å². The van der Waals surface area contributed by atoms with Crippen LogP contribution in [-0.2, 0) is 4.79 Å². The second-order valence-corrected chi connectivity index (χ2v) is 5.29. The summed E-state index contributed by atoms with van der Waals surface area (Å²) in [6.45, 7) is 8.06. The molecule has 112 valence electrons. The van der Waals surface area contributed by atoms with Crippen molar-refractivity contribution in [3.8, 4) is 5.75 Å². The molecule has 0 saturated carbocycles.